The number of amides is 2. The minimum atomic E-state index is -0.731. The standard InChI is InChI=1S/C19H20N2O5/c22-15(14-4-2-1-3-5-14)8-9-20-18(23)19(24)21-11-13-6-7-16-17(10-13)26-12-25-16/h1-7,10,15,22H,8-9,11-12H2,(H,20,23)(H,21,24)/t15-/m0/s1. The summed E-state index contributed by atoms with van der Waals surface area (Å²) in [5.41, 5.74) is 1.57. The quantitative estimate of drug-likeness (QED) is 0.678. The van der Waals surface area contributed by atoms with Gasteiger partial charge >= 0.3 is 11.8 Å². The normalized spacial score (nSPS) is 13.1. The molecule has 3 rings (SSSR count). The van der Waals surface area contributed by atoms with Crippen molar-refractivity contribution in [1.82, 2.24) is 10.6 Å². The Morgan fingerprint density at radius 2 is 1.73 bits per heavy atom. The van der Waals surface area contributed by atoms with Crippen LogP contribution in [0.1, 0.15) is 23.7 Å². The number of hydrogen-bond donors (Lipinski definition) is 3. The lowest BCUT2D eigenvalue weighted by molar-refractivity contribution is -0.139. The first-order chi connectivity index (χ1) is 12.6. The van der Waals surface area contributed by atoms with Gasteiger partial charge in [0.15, 0.2) is 11.5 Å². The number of hydrogen-bond acceptors (Lipinski definition) is 5. The number of carbonyl (C=O) groups is 2. The van der Waals surface area contributed by atoms with E-state index in [9.17, 15) is 14.7 Å². The number of rotatable bonds is 6. The van der Waals surface area contributed by atoms with Crippen molar-refractivity contribution < 1.29 is 24.2 Å². The van der Waals surface area contributed by atoms with E-state index in [0.717, 1.165) is 11.1 Å². The number of ether oxygens (including phenoxy) is 2. The second-order valence-electron chi connectivity index (χ2n) is 5.84. The van der Waals surface area contributed by atoms with Gasteiger partial charge in [0.1, 0.15) is 0 Å². The Morgan fingerprint density at radius 3 is 2.54 bits per heavy atom. The third-order valence-electron chi connectivity index (χ3n) is 3.98. The van der Waals surface area contributed by atoms with E-state index in [-0.39, 0.29) is 19.9 Å². The van der Waals surface area contributed by atoms with Crippen LogP contribution in [-0.2, 0) is 16.1 Å². The van der Waals surface area contributed by atoms with Crippen molar-refractivity contribution in [3.05, 3.63) is 59.7 Å². The molecule has 1 aliphatic rings. The van der Waals surface area contributed by atoms with Crippen molar-refractivity contribution in [3.63, 3.8) is 0 Å². The fourth-order valence-corrected chi connectivity index (χ4v) is 2.56. The van der Waals surface area contributed by atoms with Crippen LogP contribution in [0, 0.1) is 0 Å². The monoisotopic (exact) mass is 356 g/mol. The molecule has 0 spiro atoms. The Kier molecular flexibility index (Phi) is 5.70. The maximum Gasteiger partial charge on any atom is 0.309 e. The summed E-state index contributed by atoms with van der Waals surface area (Å²) in [6, 6.07) is 14.5. The van der Waals surface area contributed by atoms with Gasteiger partial charge in [-0.05, 0) is 29.7 Å². The fourth-order valence-electron chi connectivity index (χ4n) is 2.56. The van der Waals surface area contributed by atoms with Crippen molar-refractivity contribution in [2.24, 2.45) is 0 Å². The van der Waals surface area contributed by atoms with Gasteiger partial charge in [-0.1, -0.05) is 36.4 Å². The average Bonchev–Trinajstić information content (AvgIpc) is 3.14. The number of fused-ring (bicyclic) bond motifs is 1. The highest BCUT2D eigenvalue weighted by Crippen LogP contribution is 2.32. The zero-order valence-corrected chi connectivity index (χ0v) is 14.1. The van der Waals surface area contributed by atoms with Crippen molar-refractivity contribution in [2.45, 2.75) is 19.1 Å². The molecule has 26 heavy (non-hydrogen) atoms. The van der Waals surface area contributed by atoms with E-state index in [1.165, 1.54) is 0 Å². The van der Waals surface area contributed by atoms with Gasteiger partial charge in [-0.2, -0.15) is 0 Å². The van der Waals surface area contributed by atoms with Crippen molar-refractivity contribution >= 4 is 11.8 Å². The molecule has 2 amide bonds. The van der Waals surface area contributed by atoms with Gasteiger partial charge < -0.3 is 25.2 Å². The number of aliphatic hydroxyl groups is 1. The van der Waals surface area contributed by atoms with Crippen LogP contribution in [0.15, 0.2) is 48.5 Å². The smallest absolute Gasteiger partial charge is 0.309 e. The summed E-state index contributed by atoms with van der Waals surface area (Å²) in [6.07, 6.45) is -0.362. The summed E-state index contributed by atoms with van der Waals surface area (Å²) >= 11 is 0. The Labute approximate surface area is 150 Å². The van der Waals surface area contributed by atoms with Crippen LogP contribution in [0.4, 0.5) is 0 Å². The first-order valence-electron chi connectivity index (χ1n) is 8.31. The van der Waals surface area contributed by atoms with Crippen LogP contribution in [0.25, 0.3) is 0 Å². The van der Waals surface area contributed by atoms with Gasteiger partial charge in [-0.3, -0.25) is 9.59 Å². The molecule has 2 aromatic rings. The van der Waals surface area contributed by atoms with E-state index in [4.69, 9.17) is 9.47 Å². The van der Waals surface area contributed by atoms with Gasteiger partial charge in [-0.15, -0.1) is 0 Å². The van der Waals surface area contributed by atoms with Crippen molar-refractivity contribution in [1.29, 1.82) is 0 Å². The molecule has 0 aromatic heterocycles. The molecule has 1 heterocycles. The predicted octanol–water partition coefficient (Wildman–Crippen LogP) is 1.27. The summed E-state index contributed by atoms with van der Waals surface area (Å²) < 4.78 is 10.5. The number of benzene rings is 2. The summed E-state index contributed by atoms with van der Waals surface area (Å²) in [7, 11) is 0. The van der Waals surface area contributed by atoms with E-state index in [2.05, 4.69) is 10.6 Å². The highest BCUT2D eigenvalue weighted by molar-refractivity contribution is 6.35. The SMILES string of the molecule is O=C(NCC[C@H](O)c1ccccc1)C(=O)NCc1ccc2c(c1)OCO2. The van der Waals surface area contributed by atoms with Crippen LogP contribution in [-0.4, -0.2) is 30.3 Å². The topological polar surface area (TPSA) is 96.9 Å². The lowest BCUT2D eigenvalue weighted by Gasteiger charge is -2.11. The van der Waals surface area contributed by atoms with E-state index in [0.29, 0.717) is 17.9 Å². The lowest BCUT2D eigenvalue weighted by Crippen LogP contribution is -2.40. The molecule has 0 unspecified atom stereocenters. The zero-order chi connectivity index (χ0) is 18.4. The molecule has 7 heteroatoms. The predicted molar refractivity (Wildman–Crippen MR) is 93.4 cm³/mol. The molecule has 0 saturated heterocycles. The van der Waals surface area contributed by atoms with Gasteiger partial charge in [0, 0.05) is 13.1 Å². The molecule has 0 radical (unpaired) electrons. The fraction of sp³-hybridized carbons (Fsp3) is 0.263. The third kappa shape index (κ3) is 4.52. The largest absolute Gasteiger partial charge is 0.454 e. The lowest BCUT2D eigenvalue weighted by atomic mass is 10.1. The molecule has 1 aliphatic heterocycles. The molecule has 7 nitrogen and oxygen atoms in total. The zero-order valence-electron chi connectivity index (χ0n) is 14.1. The summed E-state index contributed by atoms with van der Waals surface area (Å²) in [5.74, 6) is -0.172. The molecule has 0 fully saturated rings. The summed E-state index contributed by atoms with van der Waals surface area (Å²) in [6.45, 7) is 0.588. The van der Waals surface area contributed by atoms with Gasteiger partial charge in [0.25, 0.3) is 0 Å². The molecular formula is C19H20N2O5. The van der Waals surface area contributed by atoms with Crippen LogP contribution in [0.5, 0.6) is 11.5 Å². The van der Waals surface area contributed by atoms with Gasteiger partial charge in [0.2, 0.25) is 6.79 Å². The molecule has 2 aromatic carbocycles. The van der Waals surface area contributed by atoms with Crippen LogP contribution >= 0.6 is 0 Å². The minimum absolute atomic E-state index is 0.183. The molecular weight excluding hydrogens is 336 g/mol. The summed E-state index contributed by atoms with van der Waals surface area (Å²) in [4.78, 5) is 23.7. The van der Waals surface area contributed by atoms with E-state index in [1.54, 1.807) is 18.2 Å². The Morgan fingerprint density at radius 1 is 1.00 bits per heavy atom. The molecule has 1 atom stereocenters. The van der Waals surface area contributed by atoms with Crippen LogP contribution in [0.2, 0.25) is 0 Å². The van der Waals surface area contributed by atoms with Crippen molar-refractivity contribution in [3.8, 4) is 11.5 Å². The first kappa shape index (κ1) is 17.8. The minimum Gasteiger partial charge on any atom is -0.454 e. The van der Waals surface area contributed by atoms with E-state index >= 15 is 0 Å². The molecule has 0 saturated carbocycles. The Balaban J connectivity index is 1.40. The number of aliphatic hydroxyl groups excluding tert-OH is 1. The second-order valence-corrected chi connectivity index (χ2v) is 5.84. The van der Waals surface area contributed by atoms with Gasteiger partial charge in [0.05, 0.1) is 6.10 Å². The highest BCUT2D eigenvalue weighted by Gasteiger charge is 2.16. The maximum atomic E-state index is 11.9. The molecule has 0 bridgehead atoms. The maximum absolute atomic E-state index is 11.9. The molecule has 136 valence electrons. The first-order valence-corrected chi connectivity index (χ1v) is 8.31. The number of carbonyl (C=O) groups excluding carboxylic acids is 2. The Bertz CT molecular complexity index is 779. The molecule has 0 aliphatic carbocycles. The second kappa shape index (κ2) is 8.35. The average molecular weight is 356 g/mol. The number of nitrogens with one attached hydrogen (secondary N) is 2. The van der Waals surface area contributed by atoms with Gasteiger partial charge in [-0.25, -0.2) is 0 Å². The van der Waals surface area contributed by atoms with Crippen molar-refractivity contribution in [2.75, 3.05) is 13.3 Å². The Hall–Kier alpha value is -3.06. The highest BCUT2D eigenvalue weighted by atomic mass is 16.7. The van der Waals surface area contributed by atoms with E-state index in [1.807, 2.05) is 30.3 Å². The van der Waals surface area contributed by atoms with Crippen LogP contribution < -0.4 is 20.1 Å². The molecule has 3 N–H and O–H groups in total. The summed E-state index contributed by atoms with van der Waals surface area (Å²) in [5, 5.41) is 15.1. The van der Waals surface area contributed by atoms with E-state index < -0.39 is 17.9 Å². The third-order valence-corrected chi connectivity index (χ3v) is 3.98. The van der Waals surface area contributed by atoms with Crippen LogP contribution in [0.3, 0.4) is 0 Å².